The number of fused-ring (bicyclic) bond motifs is 1. The Morgan fingerprint density at radius 2 is 2.04 bits per heavy atom. The summed E-state index contributed by atoms with van der Waals surface area (Å²) >= 11 is 0. The number of carbonyl (C=O) groups excluding carboxylic acids is 1. The number of halogens is 1. The van der Waals surface area contributed by atoms with Crippen LogP contribution in [0, 0.1) is 24.6 Å². The van der Waals surface area contributed by atoms with Crippen LogP contribution in [-0.2, 0) is 11.3 Å². The first kappa shape index (κ1) is 17.7. The Balaban J connectivity index is 1.42. The molecule has 2 aromatic rings. The number of para-hydroxylation sites is 1. The zero-order valence-electron chi connectivity index (χ0n) is 15.2. The van der Waals surface area contributed by atoms with Crippen molar-refractivity contribution in [2.75, 3.05) is 13.1 Å². The van der Waals surface area contributed by atoms with Gasteiger partial charge in [0.2, 0.25) is 5.91 Å². The van der Waals surface area contributed by atoms with E-state index < -0.39 is 0 Å². The highest BCUT2D eigenvalue weighted by molar-refractivity contribution is 5.76. The SMILES string of the molecule is Cc1ccc(=O)n(CC(=O)N2C[C@@H]3CC[C@H](Oc4ccccc4F)[C@@H]3C2)n1. The average molecular weight is 371 g/mol. The molecule has 1 aromatic heterocycles. The van der Waals surface area contributed by atoms with Crippen LogP contribution in [0.15, 0.2) is 41.2 Å². The van der Waals surface area contributed by atoms with Gasteiger partial charge in [0.15, 0.2) is 11.6 Å². The summed E-state index contributed by atoms with van der Waals surface area (Å²) in [4.78, 5) is 26.3. The van der Waals surface area contributed by atoms with Gasteiger partial charge in [-0.3, -0.25) is 9.59 Å². The van der Waals surface area contributed by atoms with E-state index in [1.54, 1.807) is 36.1 Å². The summed E-state index contributed by atoms with van der Waals surface area (Å²) < 4.78 is 21.0. The number of aromatic nitrogens is 2. The van der Waals surface area contributed by atoms with Crippen LogP contribution in [0.25, 0.3) is 0 Å². The summed E-state index contributed by atoms with van der Waals surface area (Å²) in [6, 6.07) is 9.47. The third kappa shape index (κ3) is 3.59. The van der Waals surface area contributed by atoms with Crippen molar-refractivity contribution in [3.63, 3.8) is 0 Å². The summed E-state index contributed by atoms with van der Waals surface area (Å²) in [6.45, 7) is 2.95. The van der Waals surface area contributed by atoms with E-state index in [0.29, 0.717) is 24.7 Å². The van der Waals surface area contributed by atoms with E-state index in [0.717, 1.165) is 12.8 Å². The van der Waals surface area contributed by atoms with Crippen LogP contribution < -0.4 is 10.3 Å². The average Bonchev–Trinajstić information content (AvgIpc) is 3.22. The lowest BCUT2D eigenvalue weighted by Gasteiger charge is -2.22. The van der Waals surface area contributed by atoms with Gasteiger partial charge in [0.25, 0.3) is 5.56 Å². The molecule has 0 bridgehead atoms. The summed E-state index contributed by atoms with van der Waals surface area (Å²) in [5, 5.41) is 4.13. The Kier molecular flexibility index (Phi) is 4.68. The van der Waals surface area contributed by atoms with Crippen molar-refractivity contribution in [2.45, 2.75) is 32.4 Å². The Bertz CT molecular complexity index is 913. The minimum atomic E-state index is -0.364. The first-order valence-corrected chi connectivity index (χ1v) is 9.25. The fraction of sp³-hybridized carbons (Fsp3) is 0.450. The minimum Gasteiger partial charge on any atom is -0.487 e. The number of hydrogen-bond donors (Lipinski definition) is 0. The van der Waals surface area contributed by atoms with Crippen molar-refractivity contribution in [1.82, 2.24) is 14.7 Å². The molecule has 2 aliphatic rings. The van der Waals surface area contributed by atoms with E-state index >= 15 is 0 Å². The number of likely N-dealkylation sites (tertiary alicyclic amines) is 1. The summed E-state index contributed by atoms with van der Waals surface area (Å²) in [5.41, 5.74) is 0.410. The molecular formula is C20H22FN3O3. The van der Waals surface area contributed by atoms with Gasteiger partial charge in [-0.1, -0.05) is 12.1 Å². The Morgan fingerprint density at radius 1 is 1.22 bits per heavy atom. The molecule has 1 saturated carbocycles. The molecule has 0 spiro atoms. The number of carbonyl (C=O) groups is 1. The molecule has 1 aromatic carbocycles. The topological polar surface area (TPSA) is 64.4 Å². The molecule has 1 saturated heterocycles. The lowest BCUT2D eigenvalue weighted by Crippen LogP contribution is -2.37. The standard InChI is InChI=1S/C20H22FN3O3/c1-13-6-9-19(25)24(22-13)12-20(26)23-10-14-7-8-17(15(14)11-23)27-18-5-3-2-4-16(18)21/h2-6,9,14-15,17H,7-8,10-12H2,1H3/t14-,15+,17-/m0/s1. The van der Waals surface area contributed by atoms with E-state index in [2.05, 4.69) is 5.10 Å². The number of rotatable bonds is 4. The Labute approximate surface area is 156 Å². The third-order valence-electron chi connectivity index (χ3n) is 5.54. The molecule has 1 aliphatic carbocycles. The van der Waals surface area contributed by atoms with Gasteiger partial charge >= 0.3 is 0 Å². The molecule has 0 unspecified atom stereocenters. The smallest absolute Gasteiger partial charge is 0.267 e. The van der Waals surface area contributed by atoms with Crippen LogP contribution in [0.2, 0.25) is 0 Å². The zero-order chi connectivity index (χ0) is 19.0. The van der Waals surface area contributed by atoms with Crippen LogP contribution >= 0.6 is 0 Å². The number of benzene rings is 1. The first-order chi connectivity index (χ1) is 13.0. The van der Waals surface area contributed by atoms with E-state index in [1.807, 2.05) is 0 Å². The second kappa shape index (κ2) is 7.13. The van der Waals surface area contributed by atoms with Gasteiger partial charge < -0.3 is 9.64 Å². The summed E-state index contributed by atoms with van der Waals surface area (Å²) in [7, 11) is 0. The molecule has 7 heteroatoms. The Morgan fingerprint density at radius 3 is 2.85 bits per heavy atom. The highest BCUT2D eigenvalue weighted by Crippen LogP contribution is 2.40. The lowest BCUT2D eigenvalue weighted by atomic mass is 9.99. The van der Waals surface area contributed by atoms with Crippen molar-refractivity contribution in [3.05, 3.63) is 58.3 Å². The molecule has 27 heavy (non-hydrogen) atoms. The molecule has 0 radical (unpaired) electrons. The molecule has 2 heterocycles. The summed E-state index contributed by atoms with van der Waals surface area (Å²) in [6.07, 6.45) is 1.73. The largest absolute Gasteiger partial charge is 0.487 e. The molecule has 1 aliphatic heterocycles. The highest BCUT2D eigenvalue weighted by Gasteiger charge is 2.45. The highest BCUT2D eigenvalue weighted by atomic mass is 19.1. The molecule has 142 valence electrons. The van der Waals surface area contributed by atoms with Crippen LogP contribution in [0.3, 0.4) is 0 Å². The number of nitrogens with zero attached hydrogens (tertiary/aromatic N) is 3. The molecule has 0 N–H and O–H groups in total. The normalized spacial score (nSPS) is 24.1. The quantitative estimate of drug-likeness (QED) is 0.825. The fourth-order valence-electron chi connectivity index (χ4n) is 4.16. The van der Waals surface area contributed by atoms with Crippen LogP contribution in [-0.4, -0.2) is 39.8 Å². The molecule has 3 atom stereocenters. The van der Waals surface area contributed by atoms with E-state index in [4.69, 9.17) is 4.74 Å². The van der Waals surface area contributed by atoms with E-state index in [-0.39, 0.29) is 41.6 Å². The van der Waals surface area contributed by atoms with E-state index in [9.17, 15) is 14.0 Å². The fourth-order valence-corrected chi connectivity index (χ4v) is 4.16. The van der Waals surface area contributed by atoms with Gasteiger partial charge in [0.1, 0.15) is 12.6 Å². The van der Waals surface area contributed by atoms with Crippen molar-refractivity contribution in [1.29, 1.82) is 0 Å². The molecule has 6 nitrogen and oxygen atoms in total. The van der Waals surface area contributed by atoms with Gasteiger partial charge in [0.05, 0.1) is 5.69 Å². The van der Waals surface area contributed by atoms with E-state index in [1.165, 1.54) is 16.8 Å². The van der Waals surface area contributed by atoms with Gasteiger partial charge in [-0.05, 0) is 43.9 Å². The number of amides is 1. The van der Waals surface area contributed by atoms with Crippen molar-refractivity contribution < 1.29 is 13.9 Å². The molecule has 2 fully saturated rings. The zero-order valence-corrected chi connectivity index (χ0v) is 15.2. The predicted molar refractivity (Wildman–Crippen MR) is 96.8 cm³/mol. The van der Waals surface area contributed by atoms with Crippen molar-refractivity contribution in [3.8, 4) is 5.75 Å². The minimum absolute atomic E-state index is 0.0568. The van der Waals surface area contributed by atoms with Crippen molar-refractivity contribution in [2.24, 2.45) is 11.8 Å². The maximum absolute atomic E-state index is 13.9. The molecule has 1 amide bonds. The predicted octanol–water partition coefficient (Wildman–Crippen LogP) is 2.01. The van der Waals surface area contributed by atoms with Gasteiger partial charge in [-0.25, -0.2) is 9.07 Å². The third-order valence-corrected chi connectivity index (χ3v) is 5.54. The Hall–Kier alpha value is -2.70. The van der Waals surface area contributed by atoms with Crippen LogP contribution in [0.1, 0.15) is 18.5 Å². The van der Waals surface area contributed by atoms with Crippen LogP contribution in [0.4, 0.5) is 4.39 Å². The van der Waals surface area contributed by atoms with Crippen molar-refractivity contribution >= 4 is 5.91 Å². The number of aryl methyl sites for hydroxylation is 1. The monoisotopic (exact) mass is 371 g/mol. The summed E-state index contributed by atoms with van der Waals surface area (Å²) in [5.74, 6) is 0.332. The maximum Gasteiger partial charge on any atom is 0.267 e. The molecule has 4 rings (SSSR count). The second-order valence-electron chi connectivity index (χ2n) is 7.36. The van der Waals surface area contributed by atoms with Gasteiger partial charge in [-0.15, -0.1) is 0 Å². The molecular weight excluding hydrogens is 349 g/mol. The van der Waals surface area contributed by atoms with Gasteiger partial charge in [0, 0.05) is 25.1 Å². The number of hydrogen-bond acceptors (Lipinski definition) is 4. The van der Waals surface area contributed by atoms with Crippen LogP contribution in [0.5, 0.6) is 5.75 Å². The maximum atomic E-state index is 13.9. The first-order valence-electron chi connectivity index (χ1n) is 9.25. The number of ether oxygens (including phenoxy) is 1. The second-order valence-corrected chi connectivity index (χ2v) is 7.36. The van der Waals surface area contributed by atoms with Gasteiger partial charge in [-0.2, -0.15) is 5.10 Å². The lowest BCUT2D eigenvalue weighted by molar-refractivity contribution is -0.131.